The Morgan fingerprint density at radius 2 is 2.14 bits per heavy atom. The van der Waals surface area contributed by atoms with Crippen molar-refractivity contribution >= 4 is 36.0 Å². The second-order valence-electron chi connectivity index (χ2n) is 5.99. The fourth-order valence-corrected chi connectivity index (χ4v) is 2.86. The number of carbonyl (C=O) groups excluding carboxylic acids is 1. The molecule has 0 fully saturated rings. The van der Waals surface area contributed by atoms with Gasteiger partial charge in [-0.25, -0.2) is 4.79 Å². The molecule has 0 saturated heterocycles. The van der Waals surface area contributed by atoms with E-state index >= 15 is 0 Å². The lowest BCUT2D eigenvalue weighted by atomic mass is 10.4. The molecule has 0 spiro atoms. The maximum absolute atomic E-state index is 11.3. The number of hydrogen-bond acceptors (Lipinski definition) is 3. The van der Waals surface area contributed by atoms with Crippen LogP contribution in [0.1, 0.15) is 12.6 Å². The maximum atomic E-state index is 11.3. The average molecular weight is 374 g/mol. The molecule has 0 aliphatic heterocycles. The van der Waals surface area contributed by atoms with Crippen LogP contribution in [0.5, 0.6) is 0 Å². The minimum Gasteiger partial charge on any atom is -0.463 e. The zero-order valence-electron chi connectivity index (χ0n) is 13.2. The van der Waals surface area contributed by atoms with Crippen molar-refractivity contribution in [3.8, 4) is 0 Å². The number of carbonyl (C=O) groups is 1. The first-order valence-electron chi connectivity index (χ1n) is 7.10. The van der Waals surface area contributed by atoms with Crippen LogP contribution in [-0.2, 0) is 21.0 Å². The summed E-state index contributed by atoms with van der Waals surface area (Å²) in [4.78, 5) is 11.3. The van der Waals surface area contributed by atoms with E-state index in [4.69, 9.17) is 9.47 Å². The molecule has 0 aliphatic carbocycles. The summed E-state index contributed by atoms with van der Waals surface area (Å²) in [7, 11) is -1.06. The number of halogens is 1. The highest BCUT2D eigenvalue weighted by molar-refractivity contribution is 9.10. The van der Waals surface area contributed by atoms with Crippen LogP contribution in [0, 0.1) is 0 Å². The van der Waals surface area contributed by atoms with E-state index in [1.165, 1.54) is 6.08 Å². The van der Waals surface area contributed by atoms with Crippen LogP contribution < -0.4 is 0 Å². The summed E-state index contributed by atoms with van der Waals surface area (Å²) in [5, 5.41) is 0. The summed E-state index contributed by atoms with van der Waals surface area (Å²) >= 11 is 3.44. The fraction of sp³-hybridized carbons (Fsp3) is 0.533. The number of hydrogen-bond donors (Lipinski definition) is 0. The molecule has 0 N–H and O–H groups in total. The van der Waals surface area contributed by atoms with Crippen molar-refractivity contribution in [3.63, 3.8) is 0 Å². The number of esters is 1. The van der Waals surface area contributed by atoms with Crippen LogP contribution in [0.4, 0.5) is 0 Å². The molecule has 1 aromatic rings. The predicted octanol–water partition coefficient (Wildman–Crippen LogP) is 4.14. The minimum absolute atomic E-state index is 0.332. The predicted molar refractivity (Wildman–Crippen MR) is 91.9 cm³/mol. The molecule has 1 aromatic heterocycles. The Kier molecular flexibility index (Phi) is 7.41. The lowest BCUT2D eigenvalue weighted by Crippen LogP contribution is -2.22. The molecule has 1 heterocycles. The van der Waals surface area contributed by atoms with Gasteiger partial charge in [-0.05, 0) is 41.0 Å². The van der Waals surface area contributed by atoms with E-state index in [0.717, 1.165) is 22.8 Å². The molecule has 0 aromatic carbocycles. The Balaban J connectivity index is 2.57. The van der Waals surface area contributed by atoms with Crippen molar-refractivity contribution in [3.05, 3.63) is 28.5 Å². The molecule has 1 rings (SSSR count). The molecule has 118 valence electrons. The highest BCUT2D eigenvalue weighted by atomic mass is 79.9. The SMILES string of the molecule is CCOC(=O)/C=C/c1cc(Br)cn1COCC[Si](C)(C)C. The zero-order chi connectivity index (χ0) is 15.9. The normalized spacial score (nSPS) is 12.0. The van der Waals surface area contributed by atoms with Crippen LogP contribution in [0.2, 0.25) is 25.7 Å². The third kappa shape index (κ3) is 7.64. The molecular formula is C15H24BrNO3Si. The molecule has 0 saturated carbocycles. The Morgan fingerprint density at radius 1 is 1.43 bits per heavy atom. The van der Waals surface area contributed by atoms with E-state index in [0.29, 0.717) is 13.3 Å². The van der Waals surface area contributed by atoms with E-state index in [9.17, 15) is 4.79 Å². The third-order valence-electron chi connectivity index (χ3n) is 2.80. The quantitative estimate of drug-likeness (QED) is 0.297. The Hall–Kier alpha value is -0.853. The van der Waals surface area contributed by atoms with Crippen LogP contribution in [-0.4, -0.2) is 31.8 Å². The molecule has 21 heavy (non-hydrogen) atoms. The Bertz CT molecular complexity index is 492. The van der Waals surface area contributed by atoms with E-state index in [-0.39, 0.29) is 5.97 Å². The van der Waals surface area contributed by atoms with Crippen molar-refractivity contribution in [1.82, 2.24) is 4.57 Å². The van der Waals surface area contributed by atoms with Crippen LogP contribution in [0.3, 0.4) is 0 Å². The summed E-state index contributed by atoms with van der Waals surface area (Å²) in [5.74, 6) is -0.332. The Labute approximate surface area is 136 Å². The summed E-state index contributed by atoms with van der Waals surface area (Å²) in [6.45, 7) is 10.4. The molecule has 0 atom stereocenters. The Morgan fingerprint density at radius 3 is 2.76 bits per heavy atom. The highest BCUT2D eigenvalue weighted by Crippen LogP contribution is 2.17. The highest BCUT2D eigenvalue weighted by Gasteiger charge is 2.12. The van der Waals surface area contributed by atoms with Gasteiger partial charge in [-0.3, -0.25) is 0 Å². The molecule has 0 amide bonds. The number of rotatable bonds is 8. The number of ether oxygens (including phenoxy) is 2. The first kappa shape index (κ1) is 18.2. The van der Waals surface area contributed by atoms with Gasteiger partial charge in [-0.2, -0.15) is 0 Å². The van der Waals surface area contributed by atoms with Crippen LogP contribution >= 0.6 is 15.9 Å². The van der Waals surface area contributed by atoms with Crippen molar-refractivity contribution in [1.29, 1.82) is 0 Å². The fourth-order valence-electron chi connectivity index (χ4n) is 1.63. The van der Waals surface area contributed by atoms with Gasteiger partial charge in [0, 0.05) is 37.1 Å². The molecule has 0 aliphatic rings. The second kappa shape index (κ2) is 8.56. The monoisotopic (exact) mass is 373 g/mol. The lowest BCUT2D eigenvalue weighted by Gasteiger charge is -2.16. The van der Waals surface area contributed by atoms with Gasteiger partial charge in [0.05, 0.1) is 6.61 Å². The van der Waals surface area contributed by atoms with E-state index in [2.05, 4.69) is 35.6 Å². The number of aromatic nitrogens is 1. The molecule has 6 heteroatoms. The first-order chi connectivity index (χ1) is 9.81. The van der Waals surface area contributed by atoms with Crippen molar-refractivity contribution < 1.29 is 14.3 Å². The first-order valence-corrected chi connectivity index (χ1v) is 11.6. The summed E-state index contributed by atoms with van der Waals surface area (Å²) in [6.07, 6.45) is 5.12. The van der Waals surface area contributed by atoms with Gasteiger partial charge in [0.25, 0.3) is 0 Å². The van der Waals surface area contributed by atoms with Gasteiger partial charge in [0.1, 0.15) is 6.73 Å². The lowest BCUT2D eigenvalue weighted by molar-refractivity contribution is -0.137. The zero-order valence-corrected chi connectivity index (χ0v) is 15.8. The average Bonchev–Trinajstić information content (AvgIpc) is 2.72. The van der Waals surface area contributed by atoms with Gasteiger partial charge >= 0.3 is 5.97 Å². The topological polar surface area (TPSA) is 40.5 Å². The van der Waals surface area contributed by atoms with E-state index in [1.54, 1.807) is 13.0 Å². The van der Waals surface area contributed by atoms with Crippen molar-refractivity contribution in [2.24, 2.45) is 0 Å². The molecule has 0 unspecified atom stereocenters. The molecular weight excluding hydrogens is 350 g/mol. The summed E-state index contributed by atoms with van der Waals surface area (Å²) in [6, 6.07) is 3.08. The van der Waals surface area contributed by atoms with Crippen LogP contribution in [0.15, 0.2) is 22.8 Å². The molecule has 4 nitrogen and oxygen atoms in total. The third-order valence-corrected chi connectivity index (χ3v) is 4.94. The minimum atomic E-state index is -1.06. The summed E-state index contributed by atoms with van der Waals surface area (Å²) < 4.78 is 13.5. The van der Waals surface area contributed by atoms with Gasteiger partial charge in [-0.15, -0.1) is 0 Å². The number of nitrogens with zero attached hydrogens (tertiary/aromatic N) is 1. The van der Waals surface area contributed by atoms with Gasteiger partial charge in [0.2, 0.25) is 0 Å². The standard InChI is InChI=1S/C15H24BrNO3Si/c1-5-20-15(18)7-6-14-10-13(16)11-17(14)12-19-8-9-21(2,3)4/h6-7,10-11H,5,8-9,12H2,1-4H3/b7-6+. The van der Waals surface area contributed by atoms with E-state index < -0.39 is 8.07 Å². The molecule has 0 radical (unpaired) electrons. The molecule has 0 bridgehead atoms. The van der Waals surface area contributed by atoms with Gasteiger partial charge in [-0.1, -0.05) is 19.6 Å². The smallest absolute Gasteiger partial charge is 0.330 e. The summed E-state index contributed by atoms with van der Waals surface area (Å²) in [5.41, 5.74) is 0.905. The largest absolute Gasteiger partial charge is 0.463 e. The second-order valence-corrected chi connectivity index (χ2v) is 12.5. The maximum Gasteiger partial charge on any atom is 0.330 e. The van der Waals surface area contributed by atoms with Crippen molar-refractivity contribution in [2.45, 2.75) is 39.3 Å². The van der Waals surface area contributed by atoms with Gasteiger partial charge < -0.3 is 14.0 Å². The van der Waals surface area contributed by atoms with Crippen molar-refractivity contribution in [2.75, 3.05) is 13.2 Å². The van der Waals surface area contributed by atoms with E-state index in [1.807, 2.05) is 16.8 Å². The van der Waals surface area contributed by atoms with Gasteiger partial charge in [0.15, 0.2) is 0 Å². The van der Waals surface area contributed by atoms with Crippen LogP contribution in [0.25, 0.3) is 6.08 Å².